The number of anilines is 2. The molecule has 3 N–H and O–H groups in total. The second kappa shape index (κ2) is 8.63. The van der Waals surface area contributed by atoms with E-state index in [1.165, 1.54) is 6.20 Å². The SMILES string of the molecule is CCOC(=O)c1cc(N)cnc1NCCCCSC. The van der Waals surface area contributed by atoms with Gasteiger partial charge in [-0.15, -0.1) is 0 Å². The molecule has 0 radical (unpaired) electrons. The lowest BCUT2D eigenvalue weighted by Crippen LogP contribution is -2.13. The summed E-state index contributed by atoms with van der Waals surface area (Å²) in [6.45, 7) is 2.89. The number of nitrogens with two attached hydrogens (primary N) is 1. The first-order valence-corrected chi connectivity index (χ1v) is 7.73. The van der Waals surface area contributed by atoms with Gasteiger partial charge in [0.25, 0.3) is 0 Å². The number of nitrogens with zero attached hydrogens (tertiary/aromatic N) is 1. The highest BCUT2D eigenvalue weighted by atomic mass is 32.2. The van der Waals surface area contributed by atoms with Crippen LogP contribution in [-0.2, 0) is 4.74 Å². The van der Waals surface area contributed by atoms with Crippen LogP contribution in [0.15, 0.2) is 12.3 Å². The lowest BCUT2D eigenvalue weighted by molar-refractivity contribution is 0.0527. The van der Waals surface area contributed by atoms with Crippen LogP contribution in [0.1, 0.15) is 30.1 Å². The van der Waals surface area contributed by atoms with Gasteiger partial charge in [0.05, 0.1) is 18.5 Å². The van der Waals surface area contributed by atoms with Gasteiger partial charge in [0.1, 0.15) is 11.4 Å². The Balaban J connectivity index is 2.63. The minimum atomic E-state index is -0.395. The fraction of sp³-hybridized carbons (Fsp3) is 0.538. The van der Waals surface area contributed by atoms with Crippen molar-refractivity contribution in [2.75, 3.05) is 36.2 Å². The van der Waals surface area contributed by atoms with Crippen molar-refractivity contribution in [3.05, 3.63) is 17.8 Å². The number of thioether (sulfide) groups is 1. The highest BCUT2D eigenvalue weighted by Crippen LogP contribution is 2.17. The standard InChI is InChI=1S/C13H21N3O2S/c1-3-18-13(17)11-8-10(14)9-16-12(11)15-6-4-5-7-19-2/h8-9H,3-7,14H2,1-2H3,(H,15,16). The van der Waals surface area contributed by atoms with Gasteiger partial charge in [0.2, 0.25) is 0 Å². The number of nitrogens with one attached hydrogen (secondary N) is 1. The van der Waals surface area contributed by atoms with Crippen LogP contribution in [0.25, 0.3) is 0 Å². The molecule has 0 saturated heterocycles. The average Bonchev–Trinajstić information content (AvgIpc) is 2.40. The Morgan fingerprint density at radius 2 is 2.32 bits per heavy atom. The van der Waals surface area contributed by atoms with Gasteiger partial charge < -0.3 is 15.8 Å². The third-order valence-electron chi connectivity index (χ3n) is 2.47. The van der Waals surface area contributed by atoms with Crippen molar-refractivity contribution in [3.8, 4) is 0 Å². The maximum absolute atomic E-state index is 11.8. The molecule has 0 saturated carbocycles. The van der Waals surface area contributed by atoms with E-state index in [1.54, 1.807) is 13.0 Å². The molecule has 1 aromatic heterocycles. The largest absolute Gasteiger partial charge is 0.462 e. The number of hydrogen-bond acceptors (Lipinski definition) is 6. The summed E-state index contributed by atoms with van der Waals surface area (Å²) < 4.78 is 4.99. The Labute approximate surface area is 118 Å². The molecule has 0 aromatic carbocycles. The van der Waals surface area contributed by atoms with E-state index in [-0.39, 0.29) is 0 Å². The topological polar surface area (TPSA) is 77.2 Å². The van der Waals surface area contributed by atoms with E-state index >= 15 is 0 Å². The molecule has 0 amide bonds. The zero-order valence-corrected chi connectivity index (χ0v) is 12.3. The van der Waals surface area contributed by atoms with Crippen molar-refractivity contribution in [1.82, 2.24) is 4.98 Å². The third kappa shape index (κ3) is 5.38. The number of esters is 1. The Morgan fingerprint density at radius 3 is 3.00 bits per heavy atom. The van der Waals surface area contributed by atoms with Gasteiger partial charge in [0, 0.05) is 6.54 Å². The van der Waals surface area contributed by atoms with Crippen molar-refractivity contribution in [3.63, 3.8) is 0 Å². The van der Waals surface area contributed by atoms with E-state index in [4.69, 9.17) is 10.5 Å². The molecule has 0 bridgehead atoms. The summed E-state index contributed by atoms with van der Waals surface area (Å²) in [5.41, 5.74) is 6.50. The monoisotopic (exact) mass is 283 g/mol. The molecule has 1 aromatic rings. The normalized spacial score (nSPS) is 10.2. The maximum atomic E-state index is 11.8. The maximum Gasteiger partial charge on any atom is 0.341 e. The summed E-state index contributed by atoms with van der Waals surface area (Å²) >= 11 is 1.83. The van der Waals surface area contributed by atoms with E-state index in [9.17, 15) is 4.79 Å². The fourth-order valence-corrected chi connectivity index (χ4v) is 2.06. The van der Waals surface area contributed by atoms with Crippen LogP contribution in [0.4, 0.5) is 11.5 Å². The van der Waals surface area contributed by atoms with Crippen molar-refractivity contribution < 1.29 is 9.53 Å². The van der Waals surface area contributed by atoms with Gasteiger partial charge in [-0.2, -0.15) is 11.8 Å². The number of unbranched alkanes of at least 4 members (excludes halogenated alkanes) is 1. The number of pyridine rings is 1. The van der Waals surface area contributed by atoms with Gasteiger partial charge in [-0.3, -0.25) is 0 Å². The number of nitrogen functional groups attached to an aromatic ring is 1. The van der Waals surface area contributed by atoms with E-state index in [0.717, 1.165) is 25.1 Å². The number of rotatable bonds is 8. The van der Waals surface area contributed by atoms with Crippen LogP contribution >= 0.6 is 11.8 Å². The molecule has 5 nitrogen and oxygen atoms in total. The van der Waals surface area contributed by atoms with Gasteiger partial charge in [-0.05, 0) is 37.8 Å². The number of hydrogen-bond donors (Lipinski definition) is 2. The quantitative estimate of drug-likeness (QED) is 0.563. The predicted molar refractivity (Wildman–Crippen MR) is 80.7 cm³/mol. The second-order valence-electron chi connectivity index (χ2n) is 4.01. The third-order valence-corrected chi connectivity index (χ3v) is 3.17. The molecule has 6 heteroatoms. The first kappa shape index (κ1) is 15.6. The summed E-state index contributed by atoms with van der Waals surface area (Å²) in [7, 11) is 0. The van der Waals surface area contributed by atoms with Gasteiger partial charge in [-0.25, -0.2) is 9.78 Å². The molecule has 0 aliphatic heterocycles. The Kier molecular flexibility index (Phi) is 7.10. The molecular weight excluding hydrogens is 262 g/mol. The van der Waals surface area contributed by atoms with E-state index in [0.29, 0.717) is 23.7 Å². The zero-order valence-electron chi connectivity index (χ0n) is 11.4. The summed E-state index contributed by atoms with van der Waals surface area (Å²) in [4.78, 5) is 15.9. The van der Waals surface area contributed by atoms with Crippen LogP contribution in [0.2, 0.25) is 0 Å². The van der Waals surface area contributed by atoms with Crippen LogP contribution in [-0.4, -0.2) is 36.1 Å². The second-order valence-corrected chi connectivity index (χ2v) is 5.00. The predicted octanol–water partition coefficient (Wildman–Crippen LogP) is 2.40. The Bertz CT molecular complexity index is 413. The smallest absolute Gasteiger partial charge is 0.341 e. The van der Waals surface area contributed by atoms with E-state index in [1.807, 2.05) is 11.8 Å². The Morgan fingerprint density at radius 1 is 1.53 bits per heavy atom. The molecule has 0 atom stereocenters. The van der Waals surface area contributed by atoms with Crippen molar-refractivity contribution in [1.29, 1.82) is 0 Å². The Hall–Kier alpha value is -1.43. The minimum absolute atomic E-state index is 0.334. The molecular formula is C13H21N3O2S. The summed E-state index contributed by atoms with van der Waals surface area (Å²) in [5.74, 6) is 1.28. The number of carbonyl (C=O) groups is 1. The zero-order chi connectivity index (χ0) is 14.1. The summed E-state index contributed by atoms with van der Waals surface area (Å²) in [5, 5.41) is 3.16. The lowest BCUT2D eigenvalue weighted by atomic mass is 10.2. The van der Waals surface area contributed by atoms with Gasteiger partial charge in [0.15, 0.2) is 0 Å². The number of carbonyl (C=O) groups excluding carboxylic acids is 1. The highest BCUT2D eigenvalue weighted by molar-refractivity contribution is 7.98. The lowest BCUT2D eigenvalue weighted by Gasteiger charge is -2.10. The average molecular weight is 283 g/mol. The number of aromatic nitrogens is 1. The van der Waals surface area contributed by atoms with Crippen LogP contribution < -0.4 is 11.1 Å². The highest BCUT2D eigenvalue weighted by Gasteiger charge is 2.14. The molecule has 0 unspecified atom stereocenters. The molecule has 0 spiro atoms. The first-order valence-electron chi connectivity index (χ1n) is 6.34. The fourth-order valence-electron chi connectivity index (χ4n) is 1.56. The molecule has 1 rings (SSSR count). The van der Waals surface area contributed by atoms with Crippen LogP contribution in [0.3, 0.4) is 0 Å². The molecule has 0 fully saturated rings. The van der Waals surface area contributed by atoms with Gasteiger partial charge in [-0.1, -0.05) is 0 Å². The van der Waals surface area contributed by atoms with Crippen LogP contribution in [0, 0.1) is 0 Å². The van der Waals surface area contributed by atoms with E-state index in [2.05, 4.69) is 16.6 Å². The van der Waals surface area contributed by atoms with E-state index < -0.39 is 5.97 Å². The minimum Gasteiger partial charge on any atom is -0.462 e. The first-order chi connectivity index (χ1) is 9.19. The van der Waals surface area contributed by atoms with Crippen molar-refractivity contribution >= 4 is 29.2 Å². The van der Waals surface area contributed by atoms with Gasteiger partial charge >= 0.3 is 5.97 Å². The summed E-state index contributed by atoms with van der Waals surface area (Å²) in [6, 6.07) is 1.59. The molecule has 19 heavy (non-hydrogen) atoms. The van der Waals surface area contributed by atoms with Crippen molar-refractivity contribution in [2.24, 2.45) is 0 Å². The molecule has 106 valence electrons. The summed E-state index contributed by atoms with van der Waals surface area (Å²) in [6.07, 6.45) is 5.80. The molecule has 0 aliphatic rings. The molecule has 1 heterocycles. The van der Waals surface area contributed by atoms with Crippen molar-refractivity contribution in [2.45, 2.75) is 19.8 Å². The van der Waals surface area contributed by atoms with Crippen LogP contribution in [0.5, 0.6) is 0 Å². The molecule has 0 aliphatic carbocycles. The number of ether oxygens (including phenoxy) is 1.